The Morgan fingerprint density at radius 2 is 2.29 bits per heavy atom. The minimum Gasteiger partial charge on any atom is -0.306 e. The lowest BCUT2D eigenvalue weighted by Gasteiger charge is -2.34. The lowest BCUT2D eigenvalue weighted by atomic mass is 9.99. The minimum absolute atomic E-state index is 0.173. The van der Waals surface area contributed by atoms with Crippen LogP contribution in [0, 0.1) is 10.1 Å². The zero-order valence-corrected chi connectivity index (χ0v) is 12.9. The van der Waals surface area contributed by atoms with Crippen LogP contribution in [0.3, 0.4) is 0 Å². The third-order valence-corrected chi connectivity index (χ3v) is 4.28. The number of rotatable bonds is 6. The van der Waals surface area contributed by atoms with Crippen LogP contribution in [0.1, 0.15) is 44.7 Å². The molecule has 1 aromatic rings. The van der Waals surface area contributed by atoms with E-state index < -0.39 is 0 Å². The second-order valence-electron chi connectivity index (χ2n) is 5.71. The Hall–Kier alpha value is -1.46. The van der Waals surface area contributed by atoms with E-state index >= 15 is 0 Å². The van der Waals surface area contributed by atoms with Gasteiger partial charge in [-0.1, -0.05) is 26.0 Å². The van der Waals surface area contributed by atoms with Gasteiger partial charge in [0.05, 0.1) is 4.92 Å². The number of nitrogens with zero attached hydrogens (tertiary/aromatic N) is 2. The van der Waals surface area contributed by atoms with E-state index in [-0.39, 0.29) is 16.7 Å². The Bertz CT molecular complexity index is 478. The molecular weight excluding hydrogens is 266 g/mol. The Morgan fingerprint density at radius 3 is 2.95 bits per heavy atom. The fourth-order valence-corrected chi connectivity index (χ4v) is 3.07. The molecule has 1 aliphatic rings. The number of likely N-dealkylation sites (tertiary alicyclic amines) is 1. The van der Waals surface area contributed by atoms with Crippen LogP contribution >= 0.6 is 0 Å². The van der Waals surface area contributed by atoms with E-state index in [1.807, 2.05) is 6.07 Å². The predicted molar refractivity (Wildman–Crippen MR) is 84.4 cm³/mol. The van der Waals surface area contributed by atoms with Crippen molar-refractivity contribution in [1.29, 1.82) is 0 Å². The van der Waals surface area contributed by atoms with Gasteiger partial charge in [-0.25, -0.2) is 0 Å². The quantitative estimate of drug-likeness (QED) is 0.646. The Morgan fingerprint density at radius 1 is 1.48 bits per heavy atom. The summed E-state index contributed by atoms with van der Waals surface area (Å²) in [7, 11) is 0. The standard InChI is InChI=1S/C16H25N3O2/c1-3-16(13-7-5-9-15(11-13)19(20)21)17-14-8-6-10-18(4-2)12-14/h5,7,9,11,14,16-17H,3-4,6,8,10,12H2,1-2H3. The highest BCUT2D eigenvalue weighted by atomic mass is 16.6. The van der Waals surface area contributed by atoms with Gasteiger partial charge in [0.25, 0.3) is 5.69 Å². The summed E-state index contributed by atoms with van der Waals surface area (Å²) in [4.78, 5) is 13.1. The summed E-state index contributed by atoms with van der Waals surface area (Å²) < 4.78 is 0. The molecule has 0 saturated carbocycles. The van der Waals surface area contributed by atoms with Gasteiger partial charge < -0.3 is 10.2 Å². The van der Waals surface area contributed by atoms with Crippen molar-refractivity contribution in [3.8, 4) is 0 Å². The van der Waals surface area contributed by atoms with Gasteiger partial charge in [0.2, 0.25) is 0 Å². The number of hydrogen-bond acceptors (Lipinski definition) is 4. The van der Waals surface area contributed by atoms with Gasteiger partial charge in [-0.05, 0) is 37.9 Å². The van der Waals surface area contributed by atoms with Gasteiger partial charge in [0, 0.05) is 30.8 Å². The molecule has 1 aromatic carbocycles. The Kier molecular flexibility index (Phi) is 5.70. The van der Waals surface area contributed by atoms with Gasteiger partial charge in [-0.3, -0.25) is 10.1 Å². The smallest absolute Gasteiger partial charge is 0.269 e. The summed E-state index contributed by atoms with van der Waals surface area (Å²) >= 11 is 0. The molecule has 0 spiro atoms. The average Bonchev–Trinajstić information content (AvgIpc) is 2.53. The number of hydrogen-bond donors (Lipinski definition) is 1. The molecule has 1 fully saturated rings. The first-order valence-corrected chi connectivity index (χ1v) is 7.86. The third-order valence-electron chi connectivity index (χ3n) is 4.28. The van der Waals surface area contributed by atoms with Crippen LogP contribution in [-0.2, 0) is 0 Å². The fourth-order valence-electron chi connectivity index (χ4n) is 3.07. The number of non-ortho nitro benzene ring substituents is 1. The van der Waals surface area contributed by atoms with Crippen LogP contribution in [0.4, 0.5) is 5.69 Å². The maximum atomic E-state index is 10.9. The molecule has 1 heterocycles. The van der Waals surface area contributed by atoms with Crippen molar-refractivity contribution in [3.63, 3.8) is 0 Å². The summed E-state index contributed by atoms with van der Waals surface area (Å²) in [5.74, 6) is 0. The highest BCUT2D eigenvalue weighted by molar-refractivity contribution is 5.35. The monoisotopic (exact) mass is 291 g/mol. The topological polar surface area (TPSA) is 58.4 Å². The van der Waals surface area contributed by atoms with Crippen molar-refractivity contribution < 1.29 is 4.92 Å². The minimum atomic E-state index is -0.324. The van der Waals surface area contributed by atoms with Crippen molar-refractivity contribution in [2.45, 2.75) is 45.2 Å². The zero-order chi connectivity index (χ0) is 15.2. The van der Waals surface area contributed by atoms with Gasteiger partial charge in [0.15, 0.2) is 0 Å². The number of benzene rings is 1. The molecule has 0 bridgehead atoms. The largest absolute Gasteiger partial charge is 0.306 e. The van der Waals surface area contributed by atoms with E-state index in [1.165, 1.54) is 19.4 Å². The van der Waals surface area contributed by atoms with Crippen LogP contribution in [0.5, 0.6) is 0 Å². The van der Waals surface area contributed by atoms with Crippen LogP contribution in [-0.4, -0.2) is 35.5 Å². The molecule has 2 rings (SSSR count). The first kappa shape index (κ1) is 15.9. The molecule has 5 heteroatoms. The summed E-state index contributed by atoms with van der Waals surface area (Å²) in [5.41, 5.74) is 1.19. The SMILES string of the molecule is CCC(NC1CCCN(CC)C1)c1cccc([N+](=O)[O-])c1. The summed E-state index contributed by atoms with van der Waals surface area (Å²) in [6.07, 6.45) is 3.34. The molecule has 0 radical (unpaired) electrons. The number of nitrogens with one attached hydrogen (secondary N) is 1. The normalized spacial score (nSPS) is 21.1. The average molecular weight is 291 g/mol. The maximum Gasteiger partial charge on any atom is 0.269 e. The number of likely N-dealkylation sites (N-methyl/N-ethyl adjacent to an activating group) is 1. The highest BCUT2D eigenvalue weighted by Gasteiger charge is 2.22. The van der Waals surface area contributed by atoms with E-state index in [0.717, 1.165) is 25.1 Å². The second kappa shape index (κ2) is 7.52. The molecular formula is C16H25N3O2. The molecule has 1 saturated heterocycles. The van der Waals surface area contributed by atoms with Crippen molar-refractivity contribution in [3.05, 3.63) is 39.9 Å². The number of piperidine rings is 1. The van der Waals surface area contributed by atoms with Crippen molar-refractivity contribution in [2.75, 3.05) is 19.6 Å². The second-order valence-corrected chi connectivity index (χ2v) is 5.71. The van der Waals surface area contributed by atoms with Crippen LogP contribution in [0.2, 0.25) is 0 Å². The molecule has 2 atom stereocenters. The first-order chi connectivity index (χ1) is 10.1. The van der Waals surface area contributed by atoms with E-state index in [2.05, 4.69) is 24.1 Å². The van der Waals surface area contributed by atoms with Crippen molar-refractivity contribution in [1.82, 2.24) is 10.2 Å². The number of nitro benzene ring substituents is 1. The third kappa shape index (κ3) is 4.25. The fraction of sp³-hybridized carbons (Fsp3) is 0.625. The van der Waals surface area contributed by atoms with Gasteiger partial charge >= 0.3 is 0 Å². The summed E-state index contributed by atoms with van der Waals surface area (Å²) in [6.45, 7) is 7.66. The lowest BCUT2D eigenvalue weighted by molar-refractivity contribution is -0.384. The van der Waals surface area contributed by atoms with Crippen molar-refractivity contribution >= 4 is 5.69 Å². The molecule has 0 aliphatic carbocycles. The lowest BCUT2D eigenvalue weighted by Crippen LogP contribution is -2.46. The maximum absolute atomic E-state index is 10.9. The van der Waals surface area contributed by atoms with Gasteiger partial charge in [-0.15, -0.1) is 0 Å². The number of nitro groups is 1. The summed E-state index contributed by atoms with van der Waals surface area (Å²) in [6, 6.07) is 7.66. The predicted octanol–water partition coefficient (Wildman–Crippen LogP) is 3.12. The van der Waals surface area contributed by atoms with Gasteiger partial charge in [0.1, 0.15) is 0 Å². The van der Waals surface area contributed by atoms with Crippen molar-refractivity contribution in [2.24, 2.45) is 0 Å². The van der Waals surface area contributed by atoms with E-state index in [4.69, 9.17) is 0 Å². The Balaban J connectivity index is 2.05. The van der Waals surface area contributed by atoms with E-state index in [9.17, 15) is 10.1 Å². The van der Waals surface area contributed by atoms with Crippen LogP contribution in [0.25, 0.3) is 0 Å². The molecule has 116 valence electrons. The van der Waals surface area contributed by atoms with Crippen LogP contribution < -0.4 is 5.32 Å². The molecule has 0 aromatic heterocycles. The Labute approximate surface area is 126 Å². The van der Waals surface area contributed by atoms with E-state index in [0.29, 0.717) is 6.04 Å². The molecule has 5 nitrogen and oxygen atoms in total. The molecule has 2 unspecified atom stereocenters. The highest BCUT2D eigenvalue weighted by Crippen LogP contribution is 2.23. The van der Waals surface area contributed by atoms with E-state index in [1.54, 1.807) is 18.2 Å². The van der Waals surface area contributed by atoms with Crippen LogP contribution in [0.15, 0.2) is 24.3 Å². The van der Waals surface area contributed by atoms with Gasteiger partial charge in [-0.2, -0.15) is 0 Å². The first-order valence-electron chi connectivity index (χ1n) is 7.86. The zero-order valence-electron chi connectivity index (χ0n) is 12.9. The summed E-state index contributed by atoms with van der Waals surface area (Å²) in [5, 5.41) is 14.6. The molecule has 1 N–H and O–H groups in total. The molecule has 0 amide bonds. The molecule has 1 aliphatic heterocycles. The molecule has 21 heavy (non-hydrogen) atoms.